The third-order valence-corrected chi connectivity index (χ3v) is 4.58. The first-order chi connectivity index (χ1) is 13.0. The Morgan fingerprint density at radius 3 is 2.96 bits per heavy atom. The van der Waals surface area contributed by atoms with E-state index in [-0.39, 0.29) is 36.5 Å². The summed E-state index contributed by atoms with van der Waals surface area (Å²) < 4.78 is 1.60. The molecule has 1 aliphatic heterocycles. The summed E-state index contributed by atoms with van der Waals surface area (Å²) in [6, 6.07) is 4.87. The summed E-state index contributed by atoms with van der Waals surface area (Å²) in [7, 11) is 0. The molecule has 1 aliphatic rings. The Bertz CT molecular complexity index is 835. The smallest absolute Gasteiger partial charge is 0.273 e. The van der Waals surface area contributed by atoms with Gasteiger partial charge < -0.3 is 20.4 Å². The van der Waals surface area contributed by atoms with Crippen molar-refractivity contribution in [1.29, 1.82) is 0 Å². The minimum atomic E-state index is -0.399. The van der Waals surface area contributed by atoms with Gasteiger partial charge in [-0.2, -0.15) is 0 Å². The molecule has 2 amide bonds. The zero-order valence-electron chi connectivity index (χ0n) is 15.1. The highest BCUT2D eigenvalue weighted by atomic mass is 16.3. The zero-order chi connectivity index (χ0) is 19.4. The Morgan fingerprint density at radius 1 is 1.37 bits per heavy atom. The largest absolute Gasteiger partial charge is 0.507 e. The molecule has 1 fully saturated rings. The lowest BCUT2D eigenvalue weighted by atomic mass is 10.0. The van der Waals surface area contributed by atoms with Crippen LogP contribution in [0.4, 0.5) is 0 Å². The van der Waals surface area contributed by atoms with Gasteiger partial charge in [0.25, 0.3) is 11.8 Å². The van der Waals surface area contributed by atoms with Crippen molar-refractivity contribution in [3.05, 3.63) is 41.2 Å². The van der Waals surface area contributed by atoms with Crippen molar-refractivity contribution in [1.82, 2.24) is 25.2 Å². The van der Waals surface area contributed by atoms with Gasteiger partial charge in [-0.1, -0.05) is 16.8 Å². The fourth-order valence-electron chi connectivity index (χ4n) is 3.17. The van der Waals surface area contributed by atoms with Crippen LogP contribution in [0.15, 0.2) is 24.4 Å². The van der Waals surface area contributed by atoms with Gasteiger partial charge in [-0.3, -0.25) is 9.59 Å². The van der Waals surface area contributed by atoms with Crippen LogP contribution in [0.1, 0.15) is 45.3 Å². The van der Waals surface area contributed by atoms with E-state index >= 15 is 0 Å². The van der Waals surface area contributed by atoms with Gasteiger partial charge in [0.05, 0.1) is 24.4 Å². The summed E-state index contributed by atoms with van der Waals surface area (Å²) >= 11 is 0. The van der Waals surface area contributed by atoms with Gasteiger partial charge in [-0.05, 0) is 31.9 Å². The lowest BCUT2D eigenvalue weighted by molar-refractivity contribution is 0.0668. The monoisotopic (exact) mass is 373 g/mol. The van der Waals surface area contributed by atoms with E-state index in [9.17, 15) is 14.7 Å². The lowest BCUT2D eigenvalue weighted by Gasteiger charge is -2.32. The number of aliphatic hydroxyl groups excluding tert-OH is 1. The standard InChI is InChI=1S/C18H23N5O4/c1-12-4-5-16(25)14(9-12)18(27)22-7-2-3-13(10-22)23-11-15(20-21-23)17(26)19-6-8-24/h4-5,9,11,13,24-25H,2-3,6-8,10H2,1H3,(H,19,26)/t13-/m0/s1. The number of carbonyl (C=O) groups excluding carboxylic acids is 2. The summed E-state index contributed by atoms with van der Waals surface area (Å²) in [6.45, 7) is 2.89. The number of carbonyl (C=O) groups is 2. The van der Waals surface area contributed by atoms with E-state index in [0.717, 1.165) is 18.4 Å². The van der Waals surface area contributed by atoms with Gasteiger partial charge in [0.1, 0.15) is 5.75 Å². The maximum atomic E-state index is 12.8. The molecule has 1 saturated heterocycles. The molecule has 3 rings (SSSR count). The van der Waals surface area contributed by atoms with Crippen LogP contribution in [-0.4, -0.2) is 68.2 Å². The fourth-order valence-corrected chi connectivity index (χ4v) is 3.17. The average Bonchev–Trinajstić information content (AvgIpc) is 3.18. The topological polar surface area (TPSA) is 121 Å². The van der Waals surface area contributed by atoms with Crippen LogP contribution in [0.25, 0.3) is 0 Å². The summed E-state index contributed by atoms with van der Waals surface area (Å²) in [6.07, 6.45) is 3.15. The summed E-state index contributed by atoms with van der Waals surface area (Å²) in [5.74, 6) is -0.651. The molecular formula is C18H23N5O4. The number of piperidine rings is 1. The number of phenolic OH excluding ortho intramolecular Hbond substituents is 1. The van der Waals surface area contributed by atoms with Crippen LogP contribution in [-0.2, 0) is 0 Å². The number of benzene rings is 1. The second kappa shape index (κ2) is 8.17. The van der Waals surface area contributed by atoms with Gasteiger partial charge in [-0.15, -0.1) is 5.10 Å². The van der Waals surface area contributed by atoms with E-state index in [1.54, 1.807) is 27.9 Å². The van der Waals surface area contributed by atoms with Crippen molar-refractivity contribution < 1.29 is 19.8 Å². The molecule has 27 heavy (non-hydrogen) atoms. The molecule has 2 aromatic rings. The molecule has 0 spiro atoms. The summed E-state index contributed by atoms with van der Waals surface area (Å²) in [4.78, 5) is 26.4. The molecule has 0 radical (unpaired) electrons. The second-order valence-corrected chi connectivity index (χ2v) is 6.63. The Balaban J connectivity index is 1.71. The number of rotatable bonds is 5. The minimum absolute atomic E-state index is 0.0312. The van der Waals surface area contributed by atoms with E-state index in [1.807, 2.05) is 6.92 Å². The quantitative estimate of drug-likeness (QED) is 0.702. The molecule has 0 saturated carbocycles. The third kappa shape index (κ3) is 4.25. The van der Waals surface area contributed by atoms with Crippen molar-refractivity contribution >= 4 is 11.8 Å². The maximum absolute atomic E-state index is 12.8. The normalized spacial score (nSPS) is 17.0. The number of amides is 2. The number of aryl methyl sites for hydroxylation is 1. The molecule has 0 unspecified atom stereocenters. The van der Waals surface area contributed by atoms with Crippen LogP contribution in [0, 0.1) is 6.92 Å². The number of aliphatic hydroxyl groups is 1. The molecule has 0 aliphatic carbocycles. The fraction of sp³-hybridized carbons (Fsp3) is 0.444. The molecule has 144 valence electrons. The summed E-state index contributed by atoms with van der Waals surface area (Å²) in [5.41, 5.74) is 1.36. The number of phenols is 1. The Labute approximate surface area is 156 Å². The van der Waals surface area contributed by atoms with Crippen LogP contribution in [0.5, 0.6) is 5.75 Å². The van der Waals surface area contributed by atoms with Crippen molar-refractivity contribution in [3.8, 4) is 5.75 Å². The minimum Gasteiger partial charge on any atom is -0.507 e. The van der Waals surface area contributed by atoms with Crippen molar-refractivity contribution in [3.63, 3.8) is 0 Å². The number of hydrogen-bond donors (Lipinski definition) is 3. The van der Waals surface area contributed by atoms with Crippen LogP contribution in [0.2, 0.25) is 0 Å². The Hall–Kier alpha value is -2.94. The number of nitrogens with one attached hydrogen (secondary N) is 1. The zero-order valence-corrected chi connectivity index (χ0v) is 15.1. The molecule has 1 aromatic carbocycles. The van der Waals surface area contributed by atoms with Gasteiger partial charge in [0.15, 0.2) is 5.69 Å². The predicted octanol–water partition coefficient (Wildman–Crippen LogP) is 0.492. The number of likely N-dealkylation sites (tertiary alicyclic amines) is 1. The van der Waals surface area contributed by atoms with Crippen molar-refractivity contribution in [2.24, 2.45) is 0 Å². The number of aromatic nitrogens is 3. The highest BCUT2D eigenvalue weighted by molar-refractivity contribution is 5.97. The highest BCUT2D eigenvalue weighted by Crippen LogP contribution is 2.25. The molecule has 0 bridgehead atoms. The first-order valence-electron chi connectivity index (χ1n) is 8.89. The van der Waals surface area contributed by atoms with Crippen LogP contribution >= 0.6 is 0 Å². The molecule has 9 heteroatoms. The number of hydrogen-bond acceptors (Lipinski definition) is 6. The second-order valence-electron chi connectivity index (χ2n) is 6.63. The SMILES string of the molecule is Cc1ccc(O)c(C(=O)N2CCC[C@H](n3cc(C(=O)NCCO)nn3)C2)c1. The van der Waals surface area contributed by atoms with Crippen molar-refractivity contribution in [2.45, 2.75) is 25.8 Å². The predicted molar refractivity (Wildman–Crippen MR) is 96.5 cm³/mol. The molecular weight excluding hydrogens is 350 g/mol. The molecule has 1 aromatic heterocycles. The van der Waals surface area contributed by atoms with E-state index in [1.165, 1.54) is 6.07 Å². The highest BCUT2D eigenvalue weighted by Gasteiger charge is 2.28. The summed E-state index contributed by atoms with van der Waals surface area (Å²) in [5, 5.41) is 29.2. The van der Waals surface area contributed by atoms with Crippen molar-refractivity contribution in [2.75, 3.05) is 26.2 Å². The van der Waals surface area contributed by atoms with E-state index in [0.29, 0.717) is 18.7 Å². The van der Waals surface area contributed by atoms with Gasteiger partial charge in [0, 0.05) is 19.6 Å². The molecule has 2 heterocycles. The molecule has 3 N–H and O–H groups in total. The maximum Gasteiger partial charge on any atom is 0.273 e. The van der Waals surface area contributed by atoms with E-state index in [4.69, 9.17) is 5.11 Å². The lowest BCUT2D eigenvalue weighted by Crippen LogP contribution is -2.41. The van der Waals surface area contributed by atoms with Crippen LogP contribution in [0.3, 0.4) is 0 Å². The third-order valence-electron chi connectivity index (χ3n) is 4.58. The van der Waals surface area contributed by atoms with E-state index in [2.05, 4.69) is 15.6 Å². The number of nitrogens with zero attached hydrogens (tertiary/aromatic N) is 4. The number of aromatic hydroxyl groups is 1. The van der Waals surface area contributed by atoms with E-state index < -0.39 is 5.91 Å². The van der Waals surface area contributed by atoms with Gasteiger partial charge in [0.2, 0.25) is 0 Å². The van der Waals surface area contributed by atoms with Gasteiger partial charge in [-0.25, -0.2) is 4.68 Å². The van der Waals surface area contributed by atoms with Crippen LogP contribution < -0.4 is 5.32 Å². The Kier molecular flexibility index (Phi) is 5.70. The van der Waals surface area contributed by atoms with Gasteiger partial charge >= 0.3 is 0 Å². The molecule has 1 atom stereocenters. The first kappa shape index (κ1) is 18.8. The molecule has 9 nitrogen and oxygen atoms in total. The Morgan fingerprint density at radius 2 is 2.19 bits per heavy atom. The first-order valence-corrected chi connectivity index (χ1v) is 8.89. The average molecular weight is 373 g/mol.